The molecule has 3 aromatic rings. The van der Waals surface area contributed by atoms with Gasteiger partial charge in [0, 0.05) is 42.3 Å². The molecule has 0 radical (unpaired) electrons. The predicted molar refractivity (Wildman–Crippen MR) is 127 cm³/mol. The maximum atomic E-state index is 13.2. The Labute approximate surface area is 189 Å². The molecule has 0 bridgehead atoms. The number of amides is 1. The van der Waals surface area contributed by atoms with Crippen molar-refractivity contribution in [2.75, 3.05) is 19.6 Å². The highest BCUT2D eigenvalue weighted by Crippen LogP contribution is 2.23. The molecule has 3 heterocycles. The molecule has 4 rings (SSSR count). The molecule has 1 atom stereocenters. The van der Waals surface area contributed by atoms with E-state index in [1.54, 1.807) is 6.20 Å². The molecule has 0 saturated carbocycles. The number of rotatable bonds is 8. The van der Waals surface area contributed by atoms with Gasteiger partial charge in [0.05, 0.1) is 17.3 Å². The number of likely N-dealkylation sites (tertiary alicyclic amines) is 1. The number of hydrogen-bond acceptors (Lipinski definition) is 4. The van der Waals surface area contributed by atoms with Crippen LogP contribution in [0.15, 0.2) is 41.3 Å². The summed E-state index contributed by atoms with van der Waals surface area (Å²) in [6.07, 6.45) is 5.37. The molecule has 1 amide bonds. The predicted octanol–water partition coefficient (Wildman–Crippen LogP) is 3.18. The standard InChI is InChI=1S/C25H33N5O2/c1-4-28-14-8-12-21(28)16-26-23(31)13-9-15-29-18(2)22-17-27-30(20-10-6-5-7-11-20)25(32)24(22)19(29)3/h5-7,10-11,17,21H,4,8-9,12-16H2,1-3H3,(H,26,31)/t21-/m0/s1. The van der Waals surface area contributed by atoms with Crippen molar-refractivity contribution in [3.8, 4) is 5.69 Å². The van der Waals surface area contributed by atoms with Crippen molar-refractivity contribution < 1.29 is 4.79 Å². The second kappa shape index (κ2) is 9.69. The summed E-state index contributed by atoms with van der Waals surface area (Å²) in [4.78, 5) is 28.0. The zero-order valence-electron chi connectivity index (χ0n) is 19.3. The van der Waals surface area contributed by atoms with Gasteiger partial charge in [0.2, 0.25) is 5.91 Å². The topological polar surface area (TPSA) is 72.2 Å². The average molecular weight is 436 g/mol. The molecule has 170 valence electrons. The van der Waals surface area contributed by atoms with Crippen molar-refractivity contribution in [1.29, 1.82) is 0 Å². The molecular formula is C25H33N5O2. The van der Waals surface area contributed by atoms with Crippen LogP contribution in [-0.2, 0) is 11.3 Å². The number of carbonyl (C=O) groups excluding carboxylic acids is 1. The molecule has 1 saturated heterocycles. The quantitative estimate of drug-likeness (QED) is 0.590. The van der Waals surface area contributed by atoms with Crippen LogP contribution >= 0.6 is 0 Å². The molecule has 1 aromatic carbocycles. The number of likely N-dealkylation sites (N-methyl/N-ethyl adjacent to an activating group) is 1. The molecular weight excluding hydrogens is 402 g/mol. The minimum Gasteiger partial charge on any atom is -0.355 e. The van der Waals surface area contributed by atoms with Crippen LogP contribution in [-0.4, -0.2) is 50.8 Å². The fourth-order valence-corrected chi connectivity index (χ4v) is 4.96. The first-order valence-electron chi connectivity index (χ1n) is 11.6. The van der Waals surface area contributed by atoms with Crippen LogP contribution in [0.1, 0.15) is 44.0 Å². The molecule has 2 aromatic heterocycles. The van der Waals surface area contributed by atoms with E-state index in [4.69, 9.17) is 0 Å². The second-order valence-corrected chi connectivity index (χ2v) is 8.64. The Hall–Kier alpha value is -2.93. The van der Waals surface area contributed by atoms with Crippen LogP contribution < -0.4 is 10.9 Å². The van der Waals surface area contributed by atoms with E-state index in [9.17, 15) is 9.59 Å². The molecule has 0 spiro atoms. The minimum absolute atomic E-state index is 0.105. The number of hydrogen-bond donors (Lipinski definition) is 1. The van der Waals surface area contributed by atoms with Crippen LogP contribution in [0.5, 0.6) is 0 Å². The number of fused-ring (bicyclic) bond motifs is 1. The lowest BCUT2D eigenvalue weighted by molar-refractivity contribution is -0.121. The van der Waals surface area contributed by atoms with Crippen LogP contribution in [0, 0.1) is 13.8 Å². The van der Waals surface area contributed by atoms with Crippen molar-refractivity contribution >= 4 is 16.7 Å². The summed E-state index contributed by atoms with van der Waals surface area (Å²) in [5.74, 6) is 0.105. The first kappa shape index (κ1) is 22.3. The highest BCUT2D eigenvalue weighted by molar-refractivity contribution is 5.87. The number of benzene rings is 1. The highest BCUT2D eigenvalue weighted by Gasteiger charge is 2.23. The Morgan fingerprint density at radius 1 is 1.19 bits per heavy atom. The van der Waals surface area contributed by atoms with Gasteiger partial charge in [0.1, 0.15) is 0 Å². The number of para-hydroxylation sites is 1. The first-order valence-corrected chi connectivity index (χ1v) is 11.6. The van der Waals surface area contributed by atoms with Gasteiger partial charge in [-0.25, -0.2) is 0 Å². The molecule has 1 aliphatic rings. The molecule has 1 aliphatic heterocycles. The van der Waals surface area contributed by atoms with E-state index in [2.05, 4.69) is 26.8 Å². The lowest BCUT2D eigenvalue weighted by Gasteiger charge is -2.22. The van der Waals surface area contributed by atoms with E-state index in [0.717, 1.165) is 54.9 Å². The molecule has 7 nitrogen and oxygen atoms in total. The Balaban J connectivity index is 1.43. The Morgan fingerprint density at radius 3 is 2.72 bits per heavy atom. The van der Waals surface area contributed by atoms with Gasteiger partial charge in [-0.1, -0.05) is 25.1 Å². The maximum absolute atomic E-state index is 13.2. The van der Waals surface area contributed by atoms with Crippen LogP contribution in [0.25, 0.3) is 16.5 Å². The number of carbonyl (C=O) groups is 1. The molecule has 0 unspecified atom stereocenters. The SMILES string of the molecule is CCN1CCC[C@H]1CNC(=O)CCCn1c(C)c2cnn(-c3ccccc3)c(=O)c2c1C. The van der Waals surface area contributed by atoms with Crippen molar-refractivity contribution in [2.45, 2.75) is 59.0 Å². The zero-order valence-corrected chi connectivity index (χ0v) is 19.3. The summed E-state index contributed by atoms with van der Waals surface area (Å²) in [6, 6.07) is 9.95. The molecule has 0 aliphatic carbocycles. The van der Waals surface area contributed by atoms with E-state index in [0.29, 0.717) is 24.4 Å². The van der Waals surface area contributed by atoms with Gasteiger partial charge in [0.25, 0.3) is 5.56 Å². The lowest BCUT2D eigenvalue weighted by Crippen LogP contribution is -2.40. The zero-order chi connectivity index (χ0) is 22.7. The van der Waals surface area contributed by atoms with E-state index in [-0.39, 0.29) is 11.5 Å². The van der Waals surface area contributed by atoms with Gasteiger partial charge < -0.3 is 9.88 Å². The third-order valence-electron chi connectivity index (χ3n) is 6.77. The van der Waals surface area contributed by atoms with Crippen molar-refractivity contribution in [3.63, 3.8) is 0 Å². The third kappa shape index (κ3) is 4.35. The van der Waals surface area contributed by atoms with E-state index < -0.39 is 0 Å². The first-order chi connectivity index (χ1) is 15.5. The van der Waals surface area contributed by atoms with Gasteiger partial charge in [-0.3, -0.25) is 14.5 Å². The average Bonchev–Trinajstić information content (AvgIpc) is 3.36. The Morgan fingerprint density at radius 2 is 1.97 bits per heavy atom. The van der Waals surface area contributed by atoms with Gasteiger partial charge >= 0.3 is 0 Å². The summed E-state index contributed by atoms with van der Waals surface area (Å²) in [5, 5.41) is 9.09. The second-order valence-electron chi connectivity index (χ2n) is 8.64. The molecule has 1 N–H and O–H groups in total. The maximum Gasteiger partial charge on any atom is 0.281 e. The smallest absolute Gasteiger partial charge is 0.281 e. The van der Waals surface area contributed by atoms with Gasteiger partial charge in [-0.2, -0.15) is 9.78 Å². The highest BCUT2D eigenvalue weighted by atomic mass is 16.1. The van der Waals surface area contributed by atoms with Crippen LogP contribution in [0.4, 0.5) is 0 Å². The minimum atomic E-state index is -0.108. The summed E-state index contributed by atoms with van der Waals surface area (Å²) < 4.78 is 3.60. The monoisotopic (exact) mass is 435 g/mol. The Bertz CT molecular complexity index is 1150. The summed E-state index contributed by atoms with van der Waals surface area (Å²) >= 11 is 0. The number of aryl methyl sites for hydroxylation is 2. The van der Waals surface area contributed by atoms with E-state index >= 15 is 0 Å². The fraction of sp³-hybridized carbons (Fsp3) is 0.480. The van der Waals surface area contributed by atoms with E-state index in [1.807, 2.05) is 44.2 Å². The normalized spacial score (nSPS) is 16.7. The number of nitrogens with one attached hydrogen (secondary N) is 1. The molecule has 32 heavy (non-hydrogen) atoms. The number of nitrogens with zero attached hydrogens (tertiary/aromatic N) is 4. The Kier molecular flexibility index (Phi) is 6.74. The number of aromatic nitrogens is 3. The molecule has 7 heteroatoms. The van der Waals surface area contributed by atoms with Crippen molar-refractivity contribution in [1.82, 2.24) is 24.6 Å². The van der Waals surface area contributed by atoms with Crippen LogP contribution in [0.2, 0.25) is 0 Å². The van der Waals surface area contributed by atoms with E-state index in [1.165, 1.54) is 11.1 Å². The van der Waals surface area contributed by atoms with Gasteiger partial charge in [-0.05, 0) is 58.3 Å². The van der Waals surface area contributed by atoms with Gasteiger partial charge in [0.15, 0.2) is 0 Å². The molecule has 1 fully saturated rings. The fourth-order valence-electron chi connectivity index (χ4n) is 4.96. The van der Waals surface area contributed by atoms with Gasteiger partial charge in [-0.15, -0.1) is 0 Å². The van der Waals surface area contributed by atoms with Crippen LogP contribution in [0.3, 0.4) is 0 Å². The summed E-state index contributed by atoms with van der Waals surface area (Å²) in [6.45, 7) is 9.79. The lowest BCUT2D eigenvalue weighted by atomic mass is 10.2. The van der Waals surface area contributed by atoms with Crippen molar-refractivity contribution in [2.24, 2.45) is 0 Å². The summed E-state index contributed by atoms with van der Waals surface area (Å²) in [7, 11) is 0. The van der Waals surface area contributed by atoms with Crippen molar-refractivity contribution in [3.05, 3.63) is 58.3 Å². The third-order valence-corrected chi connectivity index (χ3v) is 6.77. The largest absolute Gasteiger partial charge is 0.355 e. The summed E-state index contributed by atoms with van der Waals surface area (Å²) in [5.41, 5.74) is 2.60.